The van der Waals surface area contributed by atoms with Crippen molar-refractivity contribution in [3.05, 3.63) is 23.9 Å². The Morgan fingerprint density at radius 3 is 2.44 bits per heavy atom. The average molecular weight is 817 g/mol. The van der Waals surface area contributed by atoms with Crippen LogP contribution in [0.25, 0.3) is 11.0 Å². The fraction of sp³-hybridized carbons (Fsp3) is 0.700. The van der Waals surface area contributed by atoms with Gasteiger partial charge in [-0.1, -0.05) is 47.0 Å². The summed E-state index contributed by atoms with van der Waals surface area (Å²) in [5.41, 5.74) is -0.725. The SMILES string of the molecule is COc1ccc2nc3c(nc2c1)O[C@H]1CN(C(=O)[C@H](C(C)(C)C)NC(=O)O[C@@H](C)CCCCCCC3)[C@H](C(=O)N[C@]2(C(=O)NS(=O)(=O)C3CC3)C[C@H]2CCF)[C@@H]1C. The van der Waals surface area contributed by atoms with Crippen molar-refractivity contribution in [1.82, 2.24) is 30.2 Å². The lowest BCUT2D eigenvalue weighted by Gasteiger charge is -2.36. The van der Waals surface area contributed by atoms with Crippen molar-refractivity contribution in [3.63, 3.8) is 0 Å². The summed E-state index contributed by atoms with van der Waals surface area (Å²) in [5, 5.41) is 4.85. The Morgan fingerprint density at radius 2 is 1.75 bits per heavy atom. The third kappa shape index (κ3) is 9.55. The summed E-state index contributed by atoms with van der Waals surface area (Å²) in [6.45, 7) is 8.04. The highest BCUT2D eigenvalue weighted by molar-refractivity contribution is 7.91. The van der Waals surface area contributed by atoms with Crippen LogP contribution >= 0.6 is 0 Å². The first-order valence-electron chi connectivity index (χ1n) is 20.2. The number of aryl methyl sites for hydroxylation is 1. The fourth-order valence-corrected chi connectivity index (χ4v) is 9.39. The lowest BCUT2D eigenvalue weighted by molar-refractivity contribution is -0.143. The molecule has 2 aliphatic heterocycles. The highest BCUT2D eigenvalue weighted by atomic mass is 32.2. The number of carbonyl (C=O) groups excluding carboxylic acids is 4. The molecule has 17 heteroatoms. The molecule has 57 heavy (non-hydrogen) atoms. The number of amides is 4. The number of alkyl halides is 1. The van der Waals surface area contributed by atoms with Crippen LogP contribution in [0.2, 0.25) is 0 Å². The van der Waals surface area contributed by atoms with Crippen LogP contribution in [-0.2, 0) is 35.6 Å². The highest BCUT2D eigenvalue weighted by Gasteiger charge is 2.63. The number of rotatable bonds is 8. The van der Waals surface area contributed by atoms with Crippen molar-refractivity contribution in [2.24, 2.45) is 17.3 Å². The molecule has 2 bridgehead atoms. The zero-order valence-electron chi connectivity index (χ0n) is 33.8. The number of alkyl carbamates (subject to hydrolysis) is 1. The monoisotopic (exact) mass is 816 g/mol. The van der Waals surface area contributed by atoms with Crippen molar-refractivity contribution in [1.29, 1.82) is 0 Å². The van der Waals surface area contributed by atoms with Gasteiger partial charge < -0.3 is 29.7 Å². The molecule has 1 saturated heterocycles. The van der Waals surface area contributed by atoms with Gasteiger partial charge in [-0.25, -0.2) is 23.2 Å². The van der Waals surface area contributed by atoms with E-state index in [1.54, 1.807) is 46.9 Å². The van der Waals surface area contributed by atoms with Crippen LogP contribution in [0.5, 0.6) is 11.6 Å². The Kier molecular flexibility index (Phi) is 12.6. The van der Waals surface area contributed by atoms with Crippen LogP contribution in [0.3, 0.4) is 0 Å². The summed E-state index contributed by atoms with van der Waals surface area (Å²) in [5.74, 6) is -2.77. The van der Waals surface area contributed by atoms with Gasteiger partial charge in [0.2, 0.25) is 27.7 Å². The maximum absolute atomic E-state index is 14.8. The number of methoxy groups -OCH3 is 1. The Hall–Kier alpha value is -4.28. The molecule has 6 rings (SSSR count). The summed E-state index contributed by atoms with van der Waals surface area (Å²) in [6.07, 6.45) is 4.54. The summed E-state index contributed by atoms with van der Waals surface area (Å²) in [6, 6.07) is 2.99. The van der Waals surface area contributed by atoms with Crippen molar-refractivity contribution in [2.75, 3.05) is 20.3 Å². The second-order valence-electron chi connectivity index (χ2n) is 17.3. The molecule has 2 saturated carbocycles. The van der Waals surface area contributed by atoms with Crippen LogP contribution in [0, 0.1) is 17.3 Å². The second-order valence-corrected chi connectivity index (χ2v) is 19.2. The number of carbonyl (C=O) groups is 4. The molecular formula is C40H57FN6O9S. The van der Waals surface area contributed by atoms with Gasteiger partial charge in [0.05, 0.1) is 36.6 Å². The molecule has 15 nitrogen and oxygen atoms in total. The number of hydrogen-bond acceptors (Lipinski definition) is 11. The van der Waals surface area contributed by atoms with E-state index in [0.717, 1.165) is 32.1 Å². The van der Waals surface area contributed by atoms with E-state index in [0.29, 0.717) is 48.2 Å². The number of ether oxygens (including phenoxy) is 3. The molecule has 3 heterocycles. The summed E-state index contributed by atoms with van der Waals surface area (Å²) in [7, 11) is -2.43. The van der Waals surface area contributed by atoms with E-state index >= 15 is 0 Å². The molecule has 0 spiro atoms. The van der Waals surface area contributed by atoms with Crippen molar-refractivity contribution in [3.8, 4) is 11.6 Å². The zero-order valence-corrected chi connectivity index (χ0v) is 34.6. The lowest BCUT2D eigenvalue weighted by Crippen LogP contribution is -2.61. The molecule has 4 aliphatic rings. The minimum atomic E-state index is -3.98. The number of nitrogens with one attached hydrogen (secondary N) is 3. The van der Waals surface area contributed by atoms with Gasteiger partial charge in [-0.05, 0) is 81.8 Å². The zero-order chi connectivity index (χ0) is 41.3. The predicted octanol–water partition coefficient (Wildman–Crippen LogP) is 4.50. The molecular weight excluding hydrogens is 760 g/mol. The van der Waals surface area contributed by atoms with E-state index in [1.165, 1.54) is 4.90 Å². The normalized spacial score (nSPS) is 29.1. The summed E-state index contributed by atoms with van der Waals surface area (Å²) in [4.78, 5) is 67.5. The molecule has 314 valence electrons. The van der Waals surface area contributed by atoms with Crippen LogP contribution in [0.15, 0.2) is 18.2 Å². The van der Waals surface area contributed by atoms with E-state index in [4.69, 9.17) is 24.2 Å². The smallest absolute Gasteiger partial charge is 0.408 e. The van der Waals surface area contributed by atoms with Crippen LogP contribution in [0.4, 0.5) is 9.18 Å². The number of hydrogen-bond donors (Lipinski definition) is 3. The number of sulfonamides is 1. The van der Waals surface area contributed by atoms with Gasteiger partial charge in [0.15, 0.2) is 0 Å². The predicted molar refractivity (Wildman–Crippen MR) is 209 cm³/mol. The summed E-state index contributed by atoms with van der Waals surface area (Å²) < 4.78 is 59.2. The van der Waals surface area contributed by atoms with Crippen molar-refractivity contribution < 1.29 is 46.2 Å². The van der Waals surface area contributed by atoms with Gasteiger partial charge in [-0.3, -0.25) is 23.5 Å². The van der Waals surface area contributed by atoms with Gasteiger partial charge in [-0.2, -0.15) is 0 Å². The van der Waals surface area contributed by atoms with E-state index in [-0.39, 0.29) is 25.3 Å². The third-order valence-electron chi connectivity index (χ3n) is 11.7. The fourth-order valence-electron chi connectivity index (χ4n) is 8.03. The third-order valence-corrected chi connectivity index (χ3v) is 13.6. The lowest BCUT2D eigenvalue weighted by atomic mass is 9.85. The Labute approximate surface area is 334 Å². The number of halogens is 1. The number of cyclic esters (lactones) is 1. The molecule has 4 amide bonds. The van der Waals surface area contributed by atoms with Crippen molar-refractivity contribution >= 4 is 44.9 Å². The standard InChI is InChI=1S/C40H57FN6O9S/c1-23-12-10-8-7-9-11-13-29-35(43-30-20-26(54-6)14-17-28(30)42-29)56-31-22-47(36(49)33(39(3,4)5)44-38(51)55-23)32(24(31)2)34(48)45-40(21-25(40)18-19-41)37(50)46-57(52,53)27-15-16-27/h14,17,20,23-25,27,31-33H,7-13,15-16,18-19,21-22H2,1-6H3,(H,44,51)(H,45,48)(H,46,50)/t23-,24+,25+,31-,32-,33+,40+/m0/s1. The van der Waals surface area contributed by atoms with Gasteiger partial charge in [0.25, 0.3) is 5.91 Å². The largest absolute Gasteiger partial charge is 0.497 e. The molecule has 3 fully saturated rings. The molecule has 1 aromatic carbocycles. The van der Waals surface area contributed by atoms with Crippen LogP contribution < -0.4 is 24.8 Å². The van der Waals surface area contributed by atoms with Gasteiger partial charge >= 0.3 is 6.09 Å². The van der Waals surface area contributed by atoms with Gasteiger partial charge in [-0.15, -0.1) is 0 Å². The first-order chi connectivity index (χ1) is 27.0. The number of aromatic nitrogens is 2. The minimum absolute atomic E-state index is 0.0271. The molecule has 3 N–H and O–H groups in total. The molecule has 0 radical (unpaired) electrons. The average Bonchev–Trinajstić information content (AvgIpc) is 4.07. The number of fused-ring (bicyclic) bond motifs is 4. The Bertz CT molecular complexity index is 1960. The molecule has 0 unspecified atom stereocenters. The highest BCUT2D eigenvalue weighted by Crippen LogP contribution is 2.47. The topological polar surface area (TPSA) is 195 Å². The molecule has 1 aromatic heterocycles. The van der Waals surface area contributed by atoms with Gasteiger partial charge in [0, 0.05) is 12.0 Å². The maximum atomic E-state index is 14.8. The minimum Gasteiger partial charge on any atom is -0.497 e. The quantitative estimate of drug-likeness (QED) is 0.340. The van der Waals surface area contributed by atoms with Crippen LogP contribution in [0.1, 0.15) is 105 Å². The van der Waals surface area contributed by atoms with Crippen molar-refractivity contribution in [2.45, 2.75) is 140 Å². The molecule has 7 atom stereocenters. The van der Waals surface area contributed by atoms with Gasteiger partial charge in [0.1, 0.15) is 41.3 Å². The van der Waals surface area contributed by atoms with E-state index in [9.17, 15) is 32.0 Å². The van der Waals surface area contributed by atoms with E-state index in [1.807, 2.05) is 13.0 Å². The Morgan fingerprint density at radius 1 is 1.04 bits per heavy atom. The Balaban J connectivity index is 1.38. The first kappa shape index (κ1) is 42.3. The second kappa shape index (κ2) is 16.9. The molecule has 2 aliphatic carbocycles. The summed E-state index contributed by atoms with van der Waals surface area (Å²) >= 11 is 0. The van der Waals surface area contributed by atoms with E-state index < -0.39 is 92.8 Å². The number of benzene rings is 1. The number of nitrogens with zero attached hydrogens (tertiary/aromatic N) is 3. The van der Waals surface area contributed by atoms with Crippen LogP contribution in [-0.4, -0.2) is 103 Å². The van der Waals surface area contributed by atoms with E-state index in [2.05, 4.69) is 15.4 Å². The first-order valence-corrected chi connectivity index (χ1v) is 21.7. The maximum Gasteiger partial charge on any atom is 0.408 e. The molecule has 2 aromatic rings.